The lowest BCUT2D eigenvalue weighted by Crippen LogP contribution is -2.07. The SMILES string of the molecule is COc1ccc(/C=C/C(=O)c2nn(C)cc2Cl)cc1COc1c(F)c(F)c(F)c(F)c1F. The van der Waals surface area contributed by atoms with Crippen LogP contribution < -0.4 is 9.47 Å². The zero-order valence-corrected chi connectivity index (χ0v) is 17.3. The number of methoxy groups -OCH3 is 1. The molecule has 2 aromatic carbocycles. The number of ether oxygens (including phenoxy) is 2. The van der Waals surface area contributed by atoms with E-state index < -0.39 is 47.2 Å². The molecule has 1 heterocycles. The quantitative estimate of drug-likeness (QED) is 0.155. The summed E-state index contributed by atoms with van der Waals surface area (Å²) in [5.74, 6) is -12.3. The molecule has 0 radical (unpaired) electrons. The standard InChI is InChI=1S/C21H14ClF5N2O3/c1-29-8-12(22)20(28-29)13(30)5-3-10-4-6-14(31-2)11(7-10)9-32-21-18(26)16(24)15(23)17(25)19(21)27/h3-8H,9H2,1-2H3/b5-3+. The fourth-order valence-corrected chi connectivity index (χ4v) is 3.03. The highest BCUT2D eigenvalue weighted by molar-refractivity contribution is 6.34. The number of carbonyl (C=O) groups excluding carboxylic acids is 1. The Kier molecular flexibility index (Phi) is 6.83. The van der Waals surface area contributed by atoms with Crippen molar-refractivity contribution in [3.8, 4) is 11.5 Å². The van der Waals surface area contributed by atoms with E-state index in [9.17, 15) is 26.7 Å². The second kappa shape index (κ2) is 9.39. The van der Waals surface area contributed by atoms with Crippen molar-refractivity contribution in [2.75, 3.05) is 7.11 Å². The molecule has 0 amide bonds. The number of nitrogens with zero attached hydrogens (tertiary/aromatic N) is 2. The molecule has 3 aromatic rings. The summed E-state index contributed by atoms with van der Waals surface area (Å²) < 4.78 is 79.0. The molecule has 0 spiro atoms. The number of rotatable bonds is 7. The highest BCUT2D eigenvalue weighted by Crippen LogP contribution is 2.31. The molecular formula is C21H14ClF5N2O3. The zero-order valence-electron chi connectivity index (χ0n) is 16.6. The molecule has 0 atom stereocenters. The van der Waals surface area contributed by atoms with Gasteiger partial charge in [-0.25, -0.2) is 13.2 Å². The fourth-order valence-electron chi connectivity index (χ4n) is 2.75. The smallest absolute Gasteiger partial charge is 0.207 e. The fraction of sp³-hybridized carbons (Fsp3) is 0.143. The molecule has 0 aliphatic heterocycles. The van der Waals surface area contributed by atoms with E-state index in [-0.39, 0.29) is 22.0 Å². The maximum absolute atomic E-state index is 13.8. The van der Waals surface area contributed by atoms with Crippen molar-refractivity contribution in [1.29, 1.82) is 0 Å². The van der Waals surface area contributed by atoms with E-state index in [1.165, 1.54) is 42.3 Å². The predicted molar refractivity (Wildman–Crippen MR) is 105 cm³/mol. The van der Waals surface area contributed by atoms with Gasteiger partial charge in [0.15, 0.2) is 11.4 Å². The molecule has 0 fully saturated rings. The number of carbonyl (C=O) groups is 1. The number of ketones is 1. The Balaban J connectivity index is 1.85. The third kappa shape index (κ3) is 4.59. The number of halogens is 6. The van der Waals surface area contributed by atoms with Gasteiger partial charge >= 0.3 is 0 Å². The van der Waals surface area contributed by atoms with Gasteiger partial charge in [-0.2, -0.15) is 13.9 Å². The minimum Gasteiger partial charge on any atom is -0.496 e. The zero-order chi connectivity index (χ0) is 23.6. The van der Waals surface area contributed by atoms with Crippen LogP contribution in [0.3, 0.4) is 0 Å². The first-order valence-corrected chi connectivity index (χ1v) is 9.24. The summed E-state index contributed by atoms with van der Waals surface area (Å²) in [6.07, 6.45) is 4.10. The first-order valence-electron chi connectivity index (χ1n) is 8.86. The minimum absolute atomic E-state index is 0.0498. The first-order chi connectivity index (χ1) is 15.1. The van der Waals surface area contributed by atoms with Gasteiger partial charge in [0.05, 0.1) is 12.1 Å². The van der Waals surface area contributed by atoms with Gasteiger partial charge in [0, 0.05) is 18.8 Å². The molecule has 0 unspecified atom stereocenters. The van der Waals surface area contributed by atoms with E-state index in [0.29, 0.717) is 5.56 Å². The lowest BCUT2D eigenvalue weighted by atomic mass is 10.1. The van der Waals surface area contributed by atoms with E-state index in [1.54, 1.807) is 13.1 Å². The lowest BCUT2D eigenvalue weighted by Gasteiger charge is -2.13. The third-order valence-corrected chi connectivity index (χ3v) is 4.57. The molecule has 1 aromatic heterocycles. The van der Waals surface area contributed by atoms with Crippen molar-refractivity contribution in [2.45, 2.75) is 6.61 Å². The molecule has 0 saturated carbocycles. The van der Waals surface area contributed by atoms with Crippen molar-refractivity contribution < 1.29 is 36.2 Å². The summed E-state index contributed by atoms with van der Waals surface area (Å²) in [4.78, 5) is 12.3. The van der Waals surface area contributed by atoms with Gasteiger partial charge in [-0.1, -0.05) is 23.7 Å². The third-order valence-electron chi connectivity index (χ3n) is 4.29. The normalized spacial score (nSPS) is 11.2. The Morgan fingerprint density at radius 3 is 2.28 bits per heavy atom. The number of hydrogen-bond acceptors (Lipinski definition) is 4. The molecule has 0 bridgehead atoms. The average Bonchev–Trinajstić information content (AvgIpc) is 3.12. The van der Waals surface area contributed by atoms with Gasteiger partial charge in [-0.05, 0) is 23.8 Å². The molecule has 5 nitrogen and oxygen atoms in total. The summed E-state index contributed by atoms with van der Waals surface area (Å²) in [6.45, 7) is -0.580. The summed E-state index contributed by atoms with van der Waals surface area (Å²) in [5.41, 5.74) is 0.734. The van der Waals surface area contributed by atoms with Crippen LogP contribution in [0.5, 0.6) is 11.5 Å². The first kappa shape index (κ1) is 23.3. The maximum Gasteiger partial charge on any atom is 0.207 e. The molecule has 0 aliphatic rings. The van der Waals surface area contributed by atoms with Crippen LogP contribution in [0.2, 0.25) is 5.02 Å². The van der Waals surface area contributed by atoms with Crippen molar-refractivity contribution in [3.63, 3.8) is 0 Å². The Morgan fingerprint density at radius 2 is 1.72 bits per heavy atom. The van der Waals surface area contributed by atoms with Crippen molar-refractivity contribution in [1.82, 2.24) is 9.78 Å². The Labute approximate surface area is 183 Å². The monoisotopic (exact) mass is 472 g/mol. The second-order valence-electron chi connectivity index (χ2n) is 6.46. The number of allylic oxidation sites excluding steroid dienone is 1. The Bertz CT molecular complexity index is 1200. The minimum atomic E-state index is -2.28. The van der Waals surface area contributed by atoms with Crippen molar-refractivity contribution in [3.05, 3.63) is 81.4 Å². The molecule has 168 valence electrons. The number of aryl methyl sites for hydroxylation is 1. The Morgan fingerprint density at radius 1 is 1.09 bits per heavy atom. The van der Waals surface area contributed by atoms with Crippen LogP contribution in [-0.2, 0) is 13.7 Å². The average molecular weight is 473 g/mol. The van der Waals surface area contributed by atoms with Crippen LogP contribution in [0.25, 0.3) is 6.08 Å². The number of benzene rings is 2. The molecular weight excluding hydrogens is 459 g/mol. The topological polar surface area (TPSA) is 53.3 Å². The molecule has 0 aliphatic carbocycles. The largest absolute Gasteiger partial charge is 0.496 e. The van der Waals surface area contributed by atoms with Crippen LogP contribution in [0.1, 0.15) is 21.6 Å². The maximum atomic E-state index is 13.8. The van der Waals surface area contributed by atoms with E-state index in [2.05, 4.69) is 5.10 Å². The highest BCUT2D eigenvalue weighted by Gasteiger charge is 2.27. The summed E-state index contributed by atoms with van der Waals surface area (Å²) in [5, 5.41) is 4.13. The highest BCUT2D eigenvalue weighted by atomic mass is 35.5. The van der Waals surface area contributed by atoms with E-state index in [4.69, 9.17) is 21.1 Å². The molecule has 3 rings (SSSR count). The predicted octanol–water partition coefficient (Wildman–Crippen LogP) is 5.25. The number of aromatic nitrogens is 2. The van der Waals surface area contributed by atoms with Gasteiger partial charge in [-0.3, -0.25) is 9.48 Å². The van der Waals surface area contributed by atoms with Gasteiger partial charge in [0.2, 0.25) is 34.9 Å². The number of hydrogen-bond donors (Lipinski definition) is 0. The molecule has 0 N–H and O–H groups in total. The van der Waals surface area contributed by atoms with E-state index in [1.807, 2.05) is 0 Å². The van der Waals surface area contributed by atoms with Gasteiger partial charge in [0.25, 0.3) is 0 Å². The molecule has 0 saturated heterocycles. The lowest BCUT2D eigenvalue weighted by molar-refractivity contribution is 0.104. The molecule has 11 heteroatoms. The van der Waals surface area contributed by atoms with Crippen LogP contribution >= 0.6 is 11.6 Å². The van der Waals surface area contributed by atoms with E-state index >= 15 is 0 Å². The molecule has 32 heavy (non-hydrogen) atoms. The van der Waals surface area contributed by atoms with Crippen molar-refractivity contribution in [2.24, 2.45) is 7.05 Å². The van der Waals surface area contributed by atoms with Gasteiger partial charge in [0.1, 0.15) is 12.4 Å². The van der Waals surface area contributed by atoms with Crippen LogP contribution in [0.15, 0.2) is 30.5 Å². The second-order valence-corrected chi connectivity index (χ2v) is 6.86. The van der Waals surface area contributed by atoms with Crippen molar-refractivity contribution >= 4 is 23.5 Å². The van der Waals surface area contributed by atoms with Crippen LogP contribution in [0.4, 0.5) is 22.0 Å². The van der Waals surface area contributed by atoms with Gasteiger partial charge < -0.3 is 9.47 Å². The van der Waals surface area contributed by atoms with Crippen LogP contribution in [-0.4, -0.2) is 22.7 Å². The van der Waals surface area contributed by atoms with Crippen LogP contribution in [0, 0.1) is 29.1 Å². The Hall–Kier alpha value is -3.40. The van der Waals surface area contributed by atoms with Gasteiger partial charge in [-0.15, -0.1) is 0 Å². The van der Waals surface area contributed by atoms with E-state index in [0.717, 1.165) is 0 Å². The summed E-state index contributed by atoms with van der Waals surface area (Å²) in [7, 11) is 2.92. The summed E-state index contributed by atoms with van der Waals surface area (Å²) >= 11 is 5.93. The summed E-state index contributed by atoms with van der Waals surface area (Å²) in [6, 6.07) is 4.51.